The van der Waals surface area contributed by atoms with Crippen molar-refractivity contribution in [3.8, 4) is 0 Å². The van der Waals surface area contributed by atoms with Gasteiger partial charge in [0.05, 0.1) is 11.7 Å². The zero-order valence-electron chi connectivity index (χ0n) is 15.1. The Morgan fingerprint density at radius 3 is 1.92 bits per heavy atom. The van der Waals surface area contributed by atoms with Crippen molar-refractivity contribution in [2.24, 2.45) is 17.8 Å². The fourth-order valence-electron chi connectivity index (χ4n) is 5.62. The lowest BCUT2D eigenvalue weighted by Crippen LogP contribution is -2.59. The molecule has 0 radical (unpaired) electrons. The first-order valence-electron chi connectivity index (χ1n) is 9.56. The van der Waals surface area contributed by atoms with Crippen molar-refractivity contribution in [1.82, 2.24) is 5.32 Å². The van der Waals surface area contributed by atoms with Gasteiger partial charge in [-0.1, -0.05) is 0 Å². The Balaban J connectivity index is 1.44. The lowest BCUT2D eigenvalue weighted by atomic mass is 9.53. The molecule has 1 aromatic rings. The average molecular weight is 341 g/mol. The van der Waals surface area contributed by atoms with E-state index in [0.29, 0.717) is 11.1 Å². The summed E-state index contributed by atoms with van der Waals surface area (Å²) in [6, 6.07) is 6.82. The standard InChI is InChI=1S/C21H27NO3/c1-13(2)25-20(24)18-5-3-17(4-6-18)19(23)22-21-10-14-7-15(11-21)9-16(8-14)12-21/h3-6,13-16H,7-12H2,1-2H3,(H,22,23). The lowest BCUT2D eigenvalue weighted by Gasteiger charge is -2.56. The molecule has 1 amide bonds. The van der Waals surface area contributed by atoms with Gasteiger partial charge in [-0.05, 0) is 94.4 Å². The zero-order valence-corrected chi connectivity index (χ0v) is 15.1. The second kappa shape index (κ2) is 6.15. The predicted octanol–water partition coefficient (Wildman–Crippen LogP) is 3.95. The maximum absolute atomic E-state index is 12.8. The van der Waals surface area contributed by atoms with Crippen molar-refractivity contribution in [3.63, 3.8) is 0 Å². The molecule has 4 saturated carbocycles. The molecule has 5 rings (SSSR count). The van der Waals surface area contributed by atoms with Crippen LogP contribution in [-0.2, 0) is 4.74 Å². The summed E-state index contributed by atoms with van der Waals surface area (Å²) in [7, 11) is 0. The summed E-state index contributed by atoms with van der Waals surface area (Å²) in [5.74, 6) is 2.06. The highest BCUT2D eigenvalue weighted by atomic mass is 16.5. The topological polar surface area (TPSA) is 55.4 Å². The Bertz CT molecular complexity index is 642. The minimum atomic E-state index is -0.344. The van der Waals surface area contributed by atoms with Gasteiger partial charge in [0.2, 0.25) is 0 Å². The van der Waals surface area contributed by atoms with E-state index in [9.17, 15) is 9.59 Å². The number of hydrogen-bond donors (Lipinski definition) is 1. The number of amides is 1. The van der Waals surface area contributed by atoms with Crippen molar-refractivity contribution in [2.75, 3.05) is 0 Å². The molecule has 4 nitrogen and oxygen atoms in total. The summed E-state index contributed by atoms with van der Waals surface area (Å²) in [6.45, 7) is 3.65. The van der Waals surface area contributed by atoms with Gasteiger partial charge >= 0.3 is 5.97 Å². The van der Waals surface area contributed by atoms with E-state index in [4.69, 9.17) is 4.74 Å². The van der Waals surface area contributed by atoms with Crippen LogP contribution in [0.25, 0.3) is 0 Å². The van der Waals surface area contributed by atoms with Gasteiger partial charge in [0.15, 0.2) is 0 Å². The molecule has 0 aliphatic heterocycles. The first kappa shape index (κ1) is 16.6. The smallest absolute Gasteiger partial charge is 0.338 e. The van der Waals surface area contributed by atoms with Crippen molar-refractivity contribution in [3.05, 3.63) is 35.4 Å². The summed E-state index contributed by atoms with van der Waals surface area (Å²) in [5, 5.41) is 3.37. The van der Waals surface area contributed by atoms with E-state index in [1.807, 2.05) is 13.8 Å². The molecule has 0 unspecified atom stereocenters. The van der Waals surface area contributed by atoms with Gasteiger partial charge in [0, 0.05) is 11.1 Å². The largest absolute Gasteiger partial charge is 0.459 e. The van der Waals surface area contributed by atoms with Crippen LogP contribution in [0.5, 0.6) is 0 Å². The molecule has 134 valence electrons. The summed E-state index contributed by atoms with van der Waals surface area (Å²) in [5.41, 5.74) is 1.12. The summed E-state index contributed by atoms with van der Waals surface area (Å²) in [4.78, 5) is 24.7. The van der Waals surface area contributed by atoms with E-state index in [1.165, 1.54) is 19.3 Å². The Morgan fingerprint density at radius 1 is 0.960 bits per heavy atom. The van der Waals surface area contributed by atoms with E-state index in [2.05, 4.69) is 5.32 Å². The van der Waals surface area contributed by atoms with Crippen LogP contribution >= 0.6 is 0 Å². The lowest BCUT2D eigenvalue weighted by molar-refractivity contribution is -0.0167. The third-order valence-corrected chi connectivity index (χ3v) is 6.14. The molecule has 4 aliphatic rings. The van der Waals surface area contributed by atoms with Gasteiger partial charge in [-0.15, -0.1) is 0 Å². The number of carbonyl (C=O) groups is 2. The van der Waals surface area contributed by atoms with Gasteiger partial charge in [0.25, 0.3) is 5.91 Å². The zero-order chi connectivity index (χ0) is 17.6. The van der Waals surface area contributed by atoms with Crippen LogP contribution in [0.15, 0.2) is 24.3 Å². The van der Waals surface area contributed by atoms with Gasteiger partial charge in [0.1, 0.15) is 0 Å². The second-order valence-electron chi connectivity index (χ2n) is 8.68. The number of esters is 1. The van der Waals surface area contributed by atoms with Crippen LogP contribution in [0, 0.1) is 17.8 Å². The highest BCUT2D eigenvalue weighted by Crippen LogP contribution is 2.55. The molecule has 4 fully saturated rings. The van der Waals surface area contributed by atoms with E-state index in [-0.39, 0.29) is 23.5 Å². The van der Waals surface area contributed by atoms with Crippen LogP contribution < -0.4 is 5.32 Å². The third kappa shape index (κ3) is 3.31. The first-order chi connectivity index (χ1) is 11.9. The monoisotopic (exact) mass is 341 g/mol. The van der Waals surface area contributed by atoms with Crippen molar-refractivity contribution < 1.29 is 14.3 Å². The molecule has 0 spiro atoms. The first-order valence-corrected chi connectivity index (χ1v) is 9.56. The van der Waals surface area contributed by atoms with E-state index < -0.39 is 0 Å². The van der Waals surface area contributed by atoms with Gasteiger partial charge < -0.3 is 10.1 Å². The van der Waals surface area contributed by atoms with Crippen LogP contribution in [-0.4, -0.2) is 23.5 Å². The van der Waals surface area contributed by atoms with E-state index >= 15 is 0 Å². The van der Waals surface area contributed by atoms with Crippen LogP contribution in [0.2, 0.25) is 0 Å². The van der Waals surface area contributed by atoms with Gasteiger partial charge in [-0.2, -0.15) is 0 Å². The van der Waals surface area contributed by atoms with Gasteiger partial charge in [-0.25, -0.2) is 4.79 Å². The molecular weight excluding hydrogens is 314 g/mol. The van der Waals surface area contributed by atoms with Crippen LogP contribution in [0.3, 0.4) is 0 Å². The number of rotatable bonds is 4. The van der Waals surface area contributed by atoms with E-state index in [1.54, 1.807) is 24.3 Å². The molecule has 0 aromatic heterocycles. The van der Waals surface area contributed by atoms with Crippen molar-refractivity contribution in [1.29, 1.82) is 0 Å². The highest BCUT2D eigenvalue weighted by Gasteiger charge is 2.51. The molecular formula is C21H27NO3. The van der Waals surface area contributed by atoms with E-state index in [0.717, 1.165) is 37.0 Å². The third-order valence-electron chi connectivity index (χ3n) is 6.14. The Labute approximate surface area is 149 Å². The Morgan fingerprint density at radius 2 is 1.44 bits per heavy atom. The molecule has 0 heterocycles. The Kier molecular flexibility index (Phi) is 4.09. The van der Waals surface area contributed by atoms with Crippen molar-refractivity contribution in [2.45, 2.75) is 64.0 Å². The fourth-order valence-corrected chi connectivity index (χ4v) is 5.62. The number of nitrogens with one attached hydrogen (secondary N) is 1. The summed E-state index contributed by atoms with van der Waals surface area (Å²) in [6.07, 6.45) is 7.37. The average Bonchev–Trinajstić information content (AvgIpc) is 2.52. The molecule has 1 N–H and O–H groups in total. The van der Waals surface area contributed by atoms with Gasteiger partial charge in [-0.3, -0.25) is 4.79 Å². The SMILES string of the molecule is CC(C)OC(=O)c1ccc(C(=O)NC23CC4CC(CC(C4)C2)C3)cc1. The second-order valence-corrected chi connectivity index (χ2v) is 8.68. The molecule has 4 heteroatoms. The molecule has 4 bridgehead atoms. The maximum Gasteiger partial charge on any atom is 0.338 e. The normalized spacial score (nSPS) is 32.7. The van der Waals surface area contributed by atoms with Crippen LogP contribution in [0.1, 0.15) is 73.1 Å². The molecule has 4 aliphatic carbocycles. The highest BCUT2D eigenvalue weighted by molar-refractivity contribution is 5.96. The van der Waals surface area contributed by atoms with Crippen LogP contribution in [0.4, 0.5) is 0 Å². The molecule has 0 saturated heterocycles. The fraction of sp³-hybridized carbons (Fsp3) is 0.619. The Hall–Kier alpha value is -1.84. The predicted molar refractivity (Wildman–Crippen MR) is 95.4 cm³/mol. The maximum atomic E-state index is 12.8. The van der Waals surface area contributed by atoms with Crippen molar-refractivity contribution >= 4 is 11.9 Å². The number of ether oxygens (including phenoxy) is 1. The molecule has 0 atom stereocenters. The number of carbonyl (C=O) groups excluding carboxylic acids is 2. The summed E-state index contributed by atoms with van der Waals surface area (Å²) < 4.78 is 5.19. The number of benzene rings is 1. The minimum Gasteiger partial charge on any atom is -0.459 e. The minimum absolute atomic E-state index is 0.00859. The quantitative estimate of drug-likeness (QED) is 0.844. The molecule has 25 heavy (non-hydrogen) atoms. The molecule has 1 aromatic carbocycles. The number of hydrogen-bond acceptors (Lipinski definition) is 3. The summed E-state index contributed by atoms with van der Waals surface area (Å²) >= 11 is 0.